The minimum Gasteiger partial charge on any atom is -0.491 e. The largest absolute Gasteiger partial charge is 0.491 e. The molecule has 1 aliphatic rings. The second-order valence-corrected chi connectivity index (χ2v) is 6.72. The quantitative estimate of drug-likeness (QED) is 0.822. The summed E-state index contributed by atoms with van der Waals surface area (Å²) in [6, 6.07) is 19.1. The van der Waals surface area contributed by atoms with E-state index in [0.717, 1.165) is 12.3 Å². The Bertz CT molecular complexity index is 591. The van der Waals surface area contributed by atoms with Crippen molar-refractivity contribution in [3.05, 3.63) is 54.6 Å². The van der Waals surface area contributed by atoms with E-state index in [1.165, 1.54) is 43.2 Å². The zero-order chi connectivity index (χ0) is 16.6. The Morgan fingerprint density at radius 1 is 0.917 bits per heavy atom. The lowest BCUT2D eigenvalue weighted by Gasteiger charge is -2.21. The Hall–Kier alpha value is -1.84. The average molecular weight is 326 g/mol. The van der Waals surface area contributed by atoms with Crippen molar-refractivity contribution in [3.8, 4) is 16.9 Å². The van der Waals surface area contributed by atoms with Gasteiger partial charge in [-0.15, -0.1) is 0 Å². The summed E-state index contributed by atoms with van der Waals surface area (Å²) in [5.41, 5.74) is 2.38. The lowest BCUT2D eigenvalue weighted by Crippen LogP contribution is -2.92. The highest BCUT2D eigenvalue weighted by Gasteiger charge is 2.17. The van der Waals surface area contributed by atoms with Crippen LogP contribution in [0.5, 0.6) is 5.75 Å². The summed E-state index contributed by atoms with van der Waals surface area (Å²) in [5, 5.41) is 12.4. The van der Waals surface area contributed by atoms with Gasteiger partial charge in [-0.2, -0.15) is 0 Å². The van der Waals surface area contributed by atoms with Crippen LogP contribution < -0.4 is 10.1 Å². The molecule has 3 heteroatoms. The zero-order valence-electron chi connectivity index (χ0n) is 14.2. The average Bonchev–Trinajstić information content (AvgIpc) is 2.67. The predicted molar refractivity (Wildman–Crippen MR) is 97.0 cm³/mol. The van der Waals surface area contributed by atoms with Crippen molar-refractivity contribution in [2.24, 2.45) is 0 Å². The van der Waals surface area contributed by atoms with E-state index in [9.17, 15) is 5.11 Å². The monoisotopic (exact) mass is 326 g/mol. The van der Waals surface area contributed by atoms with Crippen LogP contribution in [0.3, 0.4) is 0 Å². The third kappa shape index (κ3) is 5.08. The first-order valence-corrected chi connectivity index (χ1v) is 9.11. The number of benzene rings is 2. The maximum absolute atomic E-state index is 10.1. The minimum atomic E-state index is -0.416. The highest BCUT2D eigenvalue weighted by atomic mass is 16.5. The molecule has 1 atom stereocenters. The number of hydrogen-bond acceptors (Lipinski definition) is 2. The molecule has 0 radical (unpaired) electrons. The second-order valence-electron chi connectivity index (χ2n) is 6.72. The van der Waals surface area contributed by atoms with Crippen LogP contribution in [0.15, 0.2) is 54.6 Å². The lowest BCUT2D eigenvalue weighted by molar-refractivity contribution is -0.697. The molecule has 0 bridgehead atoms. The Balaban J connectivity index is 1.42. The molecule has 2 aromatic rings. The van der Waals surface area contributed by atoms with Crippen molar-refractivity contribution in [1.29, 1.82) is 0 Å². The molecule has 0 spiro atoms. The molecule has 0 saturated heterocycles. The number of ether oxygens (including phenoxy) is 1. The van der Waals surface area contributed by atoms with Gasteiger partial charge in [0.15, 0.2) is 0 Å². The molecule has 0 aromatic heterocycles. The van der Waals surface area contributed by atoms with E-state index in [0.29, 0.717) is 12.6 Å². The third-order valence-corrected chi connectivity index (χ3v) is 4.80. The summed E-state index contributed by atoms with van der Waals surface area (Å²) in [5.74, 6) is 0.811. The fourth-order valence-corrected chi connectivity index (χ4v) is 3.35. The van der Waals surface area contributed by atoms with E-state index in [4.69, 9.17) is 4.74 Å². The molecule has 0 amide bonds. The van der Waals surface area contributed by atoms with Crippen LogP contribution in [0.25, 0.3) is 11.1 Å². The van der Waals surface area contributed by atoms with Crippen molar-refractivity contribution in [3.63, 3.8) is 0 Å². The third-order valence-electron chi connectivity index (χ3n) is 4.80. The normalized spacial score (nSPS) is 16.7. The van der Waals surface area contributed by atoms with Gasteiger partial charge in [0.05, 0.1) is 6.04 Å². The smallest absolute Gasteiger partial charge is 0.137 e. The van der Waals surface area contributed by atoms with Crippen LogP contribution in [0.1, 0.15) is 32.1 Å². The Morgan fingerprint density at radius 2 is 1.58 bits per heavy atom. The Morgan fingerprint density at radius 3 is 2.29 bits per heavy atom. The predicted octanol–water partition coefficient (Wildman–Crippen LogP) is 2.99. The summed E-state index contributed by atoms with van der Waals surface area (Å²) in [7, 11) is 0. The zero-order valence-corrected chi connectivity index (χ0v) is 14.2. The van der Waals surface area contributed by atoms with Gasteiger partial charge in [0, 0.05) is 0 Å². The molecular formula is C21H28NO2+. The number of aliphatic hydroxyl groups is 1. The van der Waals surface area contributed by atoms with Crippen LogP contribution in [0, 0.1) is 0 Å². The van der Waals surface area contributed by atoms with Crippen LogP contribution in [0.4, 0.5) is 0 Å². The highest BCUT2D eigenvalue weighted by molar-refractivity contribution is 5.63. The highest BCUT2D eigenvalue weighted by Crippen LogP contribution is 2.22. The standard InChI is InChI=1S/C21H27NO2/c23-20(15-22-19-9-5-2-6-10-19)16-24-21-13-11-18(12-14-21)17-7-3-1-4-8-17/h1,3-4,7-8,11-14,19-20,22-23H,2,5-6,9-10,15-16H2/p+1/t20-/m1/s1. The van der Waals surface area contributed by atoms with Crippen LogP contribution in [0.2, 0.25) is 0 Å². The number of quaternary nitrogens is 1. The van der Waals surface area contributed by atoms with E-state index >= 15 is 0 Å². The maximum atomic E-state index is 10.1. The molecule has 24 heavy (non-hydrogen) atoms. The van der Waals surface area contributed by atoms with Crippen molar-refractivity contribution in [2.45, 2.75) is 44.2 Å². The van der Waals surface area contributed by atoms with Crippen LogP contribution in [-0.2, 0) is 0 Å². The summed E-state index contributed by atoms with van der Waals surface area (Å²) >= 11 is 0. The van der Waals surface area contributed by atoms with E-state index < -0.39 is 6.10 Å². The van der Waals surface area contributed by atoms with Gasteiger partial charge < -0.3 is 15.2 Å². The molecule has 3 N–H and O–H groups in total. The molecule has 128 valence electrons. The molecule has 0 aliphatic heterocycles. The first-order valence-electron chi connectivity index (χ1n) is 9.11. The van der Waals surface area contributed by atoms with Crippen LogP contribution >= 0.6 is 0 Å². The summed E-state index contributed by atoms with van der Waals surface area (Å²) in [6.07, 6.45) is 6.20. The summed E-state index contributed by atoms with van der Waals surface area (Å²) in [6.45, 7) is 1.08. The van der Waals surface area contributed by atoms with Gasteiger partial charge >= 0.3 is 0 Å². The topological polar surface area (TPSA) is 46.1 Å². The number of aliphatic hydroxyl groups excluding tert-OH is 1. The van der Waals surface area contributed by atoms with E-state index in [1.807, 2.05) is 30.3 Å². The van der Waals surface area contributed by atoms with Gasteiger partial charge in [-0.05, 0) is 48.9 Å². The van der Waals surface area contributed by atoms with E-state index in [1.54, 1.807) is 0 Å². The van der Waals surface area contributed by atoms with Crippen molar-refractivity contribution >= 4 is 0 Å². The SMILES string of the molecule is O[C@H](C[NH2+]C1CCCCC1)COc1ccc(-c2ccccc2)cc1. The molecule has 2 aromatic carbocycles. The van der Waals surface area contributed by atoms with E-state index in [2.05, 4.69) is 29.6 Å². The number of nitrogens with two attached hydrogens (primary N) is 1. The fourth-order valence-electron chi connectivity index (χ4n) is 3.35. The van der Waals surface area contributed by atoms with Gasteiger partial charge in [-0.3, -0.25) is 0 Å². The number of rotatable bonds is 7. The lowest BCUT2D eigenvalue weighted by atomic mass is 9.95. The molecular weight excluding hydrogens is 298 g/mol. The Labute approximate surface area is 144 Å². The maximum Gasteiger partial charge on any atom is 0.137 e. The van der Waals surface area contributed by atoms with Gasteiger partial charge in [-0.1, -0.05) is 48.9 Å². The van der Waals surface area contributed by atoms with Gasteiger partial charge in [0.25, 0.3) is 0 Å². The first kappa shape index (κ1) is 17.0. The van der Waals surface area contributed by atoms with Crippen molar-refractivity contribution in [2.75, 3.05) is 13.2 Å². The fraction of sp³-hybridized carbons (Fsp3) is 0.429. The molecule has 1 saturated carbocycles. The molecule has 1 fully saturated rings. The molecule has 3 rings (SSSR count). The molecule has 0 heterocycles. The van der Waals surface area contributed by atoms with Crippen molar-refractivity contribution in [1.82, 2.24) is 0 Å². The Kier molecular flexibility index (Phi) is 6.27. The summed E-state index contributed by atoms with van der Waals surface area (Å²) < 4.78 is 5.73. The second kappa shape index (κ2) is 8.86. The van der Waals surface area contributed by atoms with Gasteiger partial charge in [0.1, 0.15) is 25.0 Å². The minimum absolute atomic E-state index is 0.355. The van der Waals surface area contributed by atoms with Gasteiger partial charge in [-0.25, -0.2) is 0 Å². The molecule has 0 unspecified atom stereocenters. The molecule has 1 aliphatic carbocycles. The van der Waals surface area contributed by atoms with Crippen molar-refractivity contribution < 1.29 is 15.2 Å². The summed E-state index contributed by atoms with van der Waals surface area (Å²) in [4.78, 5) is 0. The van der Waals surface area contributed by atoms with Gasteiger partial charge in [0.2, 0.25) is 0 Å². The molecule has 3 nitrogen and oxygen atoms in total. The van der Waals surface area contributed by atoms with Crippen LogP contribution in [-0.4, -0.2) is 30.4 Å². The number of hydrogen-bond donors (Lipinski definition) is 2. The first-order chi connectivity index (χ1) is 11.8. The van der Waals surface area contributed by atoms with E-state index in [-0.39, 0.29) is 0 Å².